The molecule has 0 bridgehead atoms. The van der Waals surface area contributed by atoms with E-state index in [9.17, 15) is 13.2 Å². The summed E-state index contributed by atoms with van der Waals surface area (Å²) in [6, 6.07) is 13.4. The second-order valence-corrected chi connectivity index (χ2v) is 6.91. The number of fused-ring (bicyclic) bond motifs is 3. The highest BCUT2D eigenvalue weighted by molar-refractivity contribution is 7.98. The van der Waals surface area contributed by atoms with Crippen LogP contribution in [0.25, 0.3) is 22.1 Å². The highest BCUT2D eigenvalue weighted by Gasteiger charge is 2.32. The Morgan fingerprint density at radius 3 is 2.52 bits per heavy atom. The molecule has 4 nitrogen and oxygen atoms in total. The molecule has 8 heteroatoms. The highest BCUT2D eigenvalue weighted by atomic mass is 32.2. The van der Waals surface area contributed by atoms with Crippen LogP contribution in [0, 0.1) is 0 Å². The van der Waals surface area contributed by atoms with Crippen LogP contribution in [0.1, 0.15) is 18.1 Å². The maximum atomic E-state index is 13.1. The van der Waals surface area contributed by atoms with Crippen LogP contribution < -0.4 is 0 Å². The quantitative estimate of drug-likeness (QED) is 0.445. The van der Waals surface area contributed by atoms with Crippen LogP contribution in [-0.4, -0.2) is 19.7 Å². The van der Waals surface area contributed by atoms with E-state index in [0.29, 0.717) is 22.9 Å². The molecule has 0 saturated heterocycles. The number of aryl methyl sites for hydroxylation is 1. The van der Waals surface area contributed by atoms with Gasteiger partial charge in [0.2, 0.25) is 5.16 Å². The summed E-state index contributed by atoms with van der Waals surface area (Å²) >= 11 is 1.15. The third-order valence-electron chi connectivity index (χ3n) is 4.35. The lowest BCUT2D eigenvalue weighted by molar-refractivity contribution is -0.138. The minimum atomic E-state index is -4.38. The number of thioether (sulfide) groups is 1. The number of benzene rings is 2. The van der Waals surface area contributed by atoms with E-state index in [0.717, 1.165) is 28.7 Å². The lowest BCUT2D eigenvalue weighted by Gasteiger charge is -2.11. The average molecular weight is 388 g/mol. The van der Waals surface area contributed by atoms with Crippen molar-refractivity contribution in [1.82, 2.24) is 19.7 Å². The average Bonchev–Trinajstić information content (AvgIpc) is 2.99. The molecule has 0 aliphatic heterocycles. The normalized spacial score (nSPS) is 12.1. The van der Waals surface area contributed by atoms with Gasteiger partial charge < -0.3 is 4.57 Å². The van der Waals surface area contributed by atoms with Crippen molar-refractivity contribution >= 4 is 33.8 Å². The van der Waals surface area contributed by atoms with E-state index in [4.69, 9.17) is 0 Å². The zero-order chi connectivity index (χ0) is 19.0. The molecule has 0 atom stereocenters. The van der Waals surface area contributed by atoms with Crippen LogP contribution in [0.5, 0.6) is 0 Å². The van der Waals surface area contributed by atoms with Gasteiger partial charge in [-0.2, -0.15) is 13.2 Å². The Hall–Kier alpha value is -2.61. The predicted octanol–water partition coefficient (Wildman–Crippen LogP) is 5.31. The van der Waals surface area contributed by atoms with Gasteiger partial charge in [-0.1, -0.05) is 48.2 Å². The highest BCUT2D eigenvalue weighted by Crippen LogP contribution is 2.34. The van der Waals surface area contributed by atoms with Crippen molar-refractivity contribution in [3.05, 3.63) is 59.7 Å². The maximum absolute atomic E-state index is 13.1. The van der Waals surface area contributed by atoms with Crippen LogP contribution in [0.3, 0.4) is 0 Å². The van der Waals surface area contributed by atoms with Gasteiger partial charge in [-0.05, 0) is 24.6 Å². The molecule has 0 amide bonds. The van der Waals surface area contributed by atoms with E-state index in [1.54, 1.807) is 6.07 Å². The van der Waals surface area contributed by atoms with Crippen molar-refractivity contribution in [2.24, 2.45) is 0 Å². The van der Waals surface area contributed by atoms with Crippen molar-refractivity contribution < 1.29 is 13.2 Å². The molecule has 0 N–H and O–H groups in total. The van der Waals surface area contributed by atoms with Crippen LogP contribution in [0.15, 0.2) is 53.7 Å². The Bertz CT molecular complexity index is 1120. The fourth-order valence-electron chi connectivity index (χ4n) is 3.14. The third-order valence-corrected chi connectivity index (χ3v) is 5.24. The van der Waals surface area contributed by atoms with E-state index >= 15 is 0 Å². The minimum Gasteiger partial charge on any atom is -0.324 e. The van der Waals surface area contributed by atoms with Crippen molar-refractivity contribution in [2.45, 2.75) is 30.6 Å². The molecule has 138 valence electrons. The molecular formula is C19H15F3N4S. The number of alkyl halides is 3. The monoisotopic (exact) mass is 388 g/mol. The van der Waals surface area contributed by atoms with Crippen molar-refractivity contribution in [3.63, 3.8) is 0 Å². The third kappa shape index (κ3) is 3.25. The summed E-state index contributed by atoms with van der Waals surface area (Å²) in [6.07, 6.45) is -4.38. The van der Waals surface area contributed by atoms with Gasteiger partial charge >= 0.3 is 6.18 Å². The SMILES string of the molecule is CCn1c2ccccc2c2nnc(SCc3ccccc3C(F)(F)F)nc21. The number of halogens is 3. The summed E-state index contributed by atoms with van der Waals surface area (Å²) in [7, 11) is 0. The summed E-state index contributed by atoms with van der Waals surface area (Å²) in [5, 5.41) is 9.73. The van der Waals surface area contributed by atoms with Gasteiger partial charge in [0.1, 0.15) is 5.52 Å². The van der Waals surface area contributed by atoms with Gasteiger partial charge in [0.25, 0.3) is 0 Å². The standard InChI is InChI=1S/C19H15F3N4S/c1-2-26-15-10-6-4-8-13(15)16-17(26)23-18(25-24-16)27-11-12-7-3-5-9-14(12)19(20,21)22/h3-10H,2,11H2,1H3. The van der Waals surface area contributed by atoms with E-state index in [1.165, 1.54) is 12.1 Å². The Balaban J connectivity index is 1.69. The van der Waals surface area contributed by atoms with Crippen LogP contribution in [-0.2, 0) is 18.5 Å². The van der Waals surface area contributed by atoms with E-state index in [-0.39, 0.29) is 11.3 Å². The van der Waals surface area contributed by atoms with Gasteiger partial charge in [0.15, 0.2) is 5.65 Å². The largest absolute Gasteiger partial charge is 0.416 e. The molecule has 2 aromatic heterocycles. The molecule has 0 radical (unpaired) electrons. The summed E-state index contributed by atoms with van der Waals surface area (Å²) in [5.41, 5.74) is 1.98. The van der Waals surface area contributed by atoms with Crippen LogP contribution in [0.4, 0.5) is 13.2 Å². The molecule has 0 aliphatic carbocycles. The number of rotatable bonds is 4. The Labute approximate surface area is 157 Å². The Morgan fingerprint density at radius 2 is 1.74 bits per heavy atom. The zero-order valence-electron chi connectivity index (χ0n) is 14.4. The number of hydrogen-bond acceptors (Lipinski definition) is 4. The van der Waals surface area contributed by atoms with E-state index < -0.39 is 11.7 Å². The minimum absolute atomic E-state index is 0.120. The summed E-state index contributed by atoms with van der Waals surface area (Å²) < 4.78 is 41.5. The zero-order valence-corrected chi connectivity index (χ0v) is 15.2. The number of para-hydroxylation sites is 1. The number of hydrogen-bond donors (Lipinski definition) is 0. The Kier molecular flexibility index (Phi) is 4.51. The molecule has 2 heterocycles. The summed E-state index contributed by atoms with van der Waals surface area (Å²) in [4.78, 5) is 4.56. The van der Waals surface area contributed by atoms with Crippen molar-refractivity contribution in [1.29, 1.82) is 0 Å². The Morgan fingerprint density at radius 1 is 1.00 bits per heavy atom. The molecule has 2 aromatic carbocycles. The first-order valence-corrected chi connectivity index (χ1v) is 9.37. The summed E-state index contributed by atoms with van der Waals surface area (Å²) in [5.74, 6) is 0.120. The molecule has 0 unspecified atom stereocenters. The molecule has 0 saturated carbocycles. The molecule has 27 heavy (non-hydrogen) atoms. The van der Waals surface area contributed by atoms with Crippen molar-refractivity contribution in [2.75, 3.05) is 0 Å². The first-order chi connectivity index (χ1) is 13.0. The number of aromatic nitrogens is 4. The van der Waals surface area contributed by atoms with E-state index in [1.807, 2.05) is 35.8 Å². The second-order valence-electron chi connectivity index (χ2n) is 5.97. The topological polar surface area (TPSA) is 43.6 Å². The molecule has 0 fully saturated rings. The summed E-state index contributed by atoms with van der Waals surface area (Å²) in [6.45, 7) is 2.73. The lowest BCUT2D eigenvalue weighted by Crippen LogP contribution is -2.08. The first-order valence-electron chi connectivity index (χ1n) is 8.38. The molecular weight excluding hydrogens is 373 g/mol. The molecule has 0 aliphatic rings. The molecule has 4 rings (SSSR count). The van der Waals surface area contributed by atoms with Gasteiger partial charge in [-0.15, -0.1) is 10.2 Å². The lowest BCUT2D eigenvalue weighted by atomic mass is 10.1. The predicted molar refractivity (Wildman–Crippen MR) is 99.5 cm³/mol. The molecule has 4 aromatic rings. The fraction of sp³-hybridized carbons (Fsp3) is 0.211. The van der Waals surface area contributed by atoms with Crippen LogP contribution in [0.2, 0.25) is 0 Å². The first kappa shape index (κ1) is 17.8. The smallest absolute Gasteiger partial charge is 0.324 e. The van der Waals surface area contributed by atoms with Gasteiger partial charge in [0.05, 0.1) is 11.1 Å². The number of nitrogens with zero attached hydrogens (tertiary/aromatic N) is 4. The maximum Gasteiger partial charge on any atom is 0.416 e. The fourth-order valence-corrected chi connectivity index (χ4v) is 3.92. The molecule has 0 spiro atoms. The van der Waals surface area contributed by atoms with Gasteiger partial charge in [0, 0.05) is 17.7 Å². The van der Waals surface area contributed by atoms with Gasteiger partial charge in [-0.3, -0.25) is 0 Å². The van der Waals surface area contributed by atoms with E-state index in [2.05, 4.69) is 15.2 Å². The van der Waals surface area contributed by atoms with Gasteiger partial charge in [-0.25, -0.2) is 4.98 Å². The second kappa shape index (κ2) is 6.84. The van der Waals surface area contributed by atoms with Crippen molar-refractivity contribution in [3.8, 4) is 0 Å². The van der Waals surface area contributed by atoms with Crippen LogP contribution >= 0.6 is 11.8 Å².